The average Bonchev–Trinajstić information content (AvgIpc) is 3.26. The fourth-order valence-corrected chi connectivity index (χ4v) is 4.09. The van der Waals surface area contributed by atoms with Gasteiger partial charge in [0.05, 0.1) is 12.1 Å². The maximum Gasteiger partial charge on any atom is 0.325 e. The van der Waals surface area contributed by atoms with Crippen LogP contribution in [0.25, 0.3) is 10.9 Å². The number of fused-ring (bicyclic) bond motifs is 2. The van der Waals surface area contributed by atoms with Crippen molar-refractivity contribution >= 4 is 34.4 Å². The van der Waals surface area contributed by atoms with E-state index < -0.39 is 11.6 Å². The molecule has 5 rings (SSSR count). The van der Waals surface area contributed by atoms with Crippen LogP contribution in [-0.2, 0) is 17.8 Å². The smallest absolute Gasteiger partial charge is 0.325 e. The molecule has 0 saturated carbocycles. The number of nitrogens with zero attached hydrogens (tertiary/aromatic N) is 2. The summed E-state index contributed by atoms with van der Waals surface area (Å²) in [7, 11) is 0. The highest BCUT2D eigenvalue weighted by atomic mass is 35.5. The number of urea groups is 1. The maximum absolute atomic E-state index is 13.2. The number of pyridine rings is 1. The van der Waals surface area contributed by atoms with Crippen molar-refractivity contribution in [3.8, 4) is 11.5 Å². The van der Waals surface area contributed by atoms with Crippen molar-refractivity contribution in [3.05, 3.63) is 64.8 Å². The highest BCUT2D eigenvalue weighted by molar-refractivity contribution is 6.30. The molecule has 3 heterocycles. The van der Waals surface area contributed by atoms with Gasteiger partial charge in [0.1, 0.15) is 10.7 Å². The van der Waals surface area contributed by atoms with Crippen LogP contribution in [0.2, 0.25) is 5.15 Å². The molecule has 0 aliphatic carbocycles. The summed E-state index contributed by atoms with van der Waals surface area (Å²) in [5.41, 5.74) is 1.17. The summed E-state index contributed by atoms with van der Waals surface area (Å²) in [6.07, 6.45) is 0.328. The Labute approximate surface area is 177 Å². The molecule has 0 spiro atoms. The standard InChI is InChI=1S/C22H18ClN3O4/c1-22(10-13-6-7-17-18(8-13)30-12-29-17)20(27)26(21(28)25-22)11-15-9-14-4-2-3-5-16(14)24-19(15)23/h2-9H,10-12H2,1H3,(H,25,28)/t22-/m0/s1. The van der Waals surface area contributed by atoms with Crippen molar-refractivity contribution in [2.45, 2.75) is 25.4 Å². The lowest BCUT2D eigenvalue weighted by molar-refractivity contribution is -0.131. The van der Waals surface area contributed by atoms with Gasteiger partial charge in [-0.1, -0.05) is 35.9 Å². The van der Waals surface area contributed by atoms with Crippen molar-refractivity contribution in [2.75, 3.05) is 6.79 Å². The van der Waals surface area contributed by atoms with Crippen LogP contribution >= 0.6 is 11.6 Å². The molecular weight excluding hydrogens is 406 g/mol. The van der Waals surface area contributed by atoms with Crippen LogP contribution < -0.4 is 14.8 Å². The second-order valence-electron chi connectivity index (χ2n) is 7.65. The molecular formula is C22H18ClN3O4. The molecule has 2 aliphatic rings. The van der Waals surface area contributed by atoms with Crippen LogP contribution in [0.5, 0.6) is 11.5 Å². The van der Waals surface area contributed by atoms with Gasteiger partial charge in [-0.2, -0.15) is 0 Å². The Kier molecular flexibility index (Phi) is 4.29. The first kappa shape index (κ1) is 18.7. The number of halogens is 1. The zero-order chi connectivity index (χ0) is 20.9. The van der Waals surface area contributed by atoms with Gasteiger partial charge in [-0.05, 0) is 36.8 Å². The Bertz CT molecular complexity index is 1200. The first-order valence-electron chi connectivity index (χ1n) is 9.50. The summed E-state index contributed by atoms with van der Waals surface area (Å²) in [5.74, 6) is 0.999. The van der Waals surface area contributed by atoms with E-state index in [9.17, 15) is 9.59 Å². The Hall–Kier alpha value is -3.32. The van der Waals surface area contributed by atoms with E-state index in [0.717, 1.165) is 16.5 Å². The normalized spacial score (nSPS) is 20.1. The van der Waals surface area contributed by atoms with Crippen molar-refractivity contribution in [1.29, 1.82) is 0 Å². The highest BCUT2D eigenvalue weighted by Crippen LogP contribution is 2.34. The molecule has 152 valence electrons. The lowest BCUT2D eigenvalue weighted by Gasteiger charge is -2.22. The molecule has 1 N–H and O–H groups in total. The number of nitrogens with one attached hydrogen (secondary N) is 1. The summed E-state index contributed by atoms with van der Waals surface area (Å²) in [6, 6.07) is 14.5. The third kappa shape index (κ3) is 3.11. The second kappa shape index (κ2) is 6.88. The van der Waals surface area contributed by atoms with Gasteiger partial charge in [-0.15, -0.1) is 0 Å². The van der Waals surface area contributed by atoms with Crippen molar-refractivity contribution in [3.63, 3.8) is 0 Å². The van der Waals surface area contributed by atoms with Gasteiger partial charge in [-0.25, -0.2) is 9.78 Å². The molecule has 8 heteroatoms. The molecule has 30 heavy (non-hydrogen) atoms. The van der Waals surface area contributed by atoms with Gasteiger partial charge in [0.2, 0.25) is 6.79 Å². The van der Waals surface area contributed by atoms with Crippen molar-refractivity contribution in [1.82, 2.24) is 15.2 Å². The molecule has 0 bridgehead atoms. The maximum atomic E-state index is 13.2. The molecule has 0 radical (unpaired) electrons. The number of ether oxygens (including phenoxy) is 2. The molecule has 1 atom stereocenters. The first-order valence-corrected chi connectivity index (χ1v) is 9.87. The summed E-state index contributed by atoms with van der Waals surface area (Å²) in [6.45, 7) is 1.95. The van der Waals surface area contributed by atoms with E-state index >= 15 is 0 Å². The molecule has 1 aromatic heterocycles. The van der Waals surface area contributed by atoms with Crippen molar-refractivity contribution < 1.29 is 19.1 Å². The fraction of sp³-hybridized carbons (Fsp3) is 0.227. The molecule has 1 fully saturated rings. The lowest BCUT2D eigenvalue weighted by atomic mass is 9.92. The number of aromatic nitrogens is 1. The summed E-state index contributed by atoms with van der Waals surface area (Å²) < 4.78 is 10.7. The van der Waals surface area contributed by atoms with Crippen molar-refractivity contribution in [2.24, 2.45) is 0 Å². The number of para-hydroxylation sites is 1. The molecule has 3 aromatic rings. The van der Waals surface area contributed by atoms with Gasteiger partial charge >= 0.3 is 6.03 Å². The number of benzene rings is 2. The van der Waals surface area contributed by atoms with Crippen LogP contribution in [0.3, 0.4) is 0 Å². The van der Waals surface area contributed by atoms with E-state index in [1.54, 1.807) is 13.0 Å². The Morgan fingerprint density at radius 1 is 1.13 bits per heavy atom. The van der Waals surface area contributed by atoms with Crippen LogP contribution in [0.4, 0.5) is 4.79 Å². The van der Waals surface area contributed by atoms with Gasteiger partial charge in [0.25, 0.3) is 5.91 Å². The van der Waals surface area contributed by atoms with Gasteiger partial charge in [-0.3, -0.25) is 9.69 Å². The predicted octanol–water partition coefficient (Wildman–Crippen LogP) is 3.67. The zero-order valence-corrected chi connectivity index (χ0v) is 16.9. The number of amides is 3. The van der Waals surface area contributed by atoms with Crippen LogP contribution in [0.15, 0.2) is 48.5 Å². The fourth-order valence-electron chi connectivity index (χ4n) is 3.89. The largest absolute Gasteiger partial charge is 0.454 e. The monoisotopic (exact) mass is 423 g/mol. The Balaban J connectivity index is 1.39. The summed E-state index contributed by atoms with van der Waals surface area (Å²) in [4.78, 5) is 31.4. The molecule has 7 nitrogen and oxygen atoms in total. The van der Waals surface area contributed by atoms with Gasteiger partial charge in [0.15, 0.2) is 11.5 Å². The highest BCUT2D eigenvalue weighted by Gasteiger charge is 2.47. The van der Waals surface area contributed by atoms with E-state index in [2.05, 4.69) is 10.3 Å². The minimum atomic E-state index is -1.07. The molecule has 0 unspecified atom stereocenters. The number of carbonyl (C=O) groups excluding carboxylic acids is 2. The number of imide groups is 1. The van der Waals surface area contributed by atoms with E-state index in [1.807, 2.05) is 42.5 Å². The minimum absolute atomic E-state index is 0.0536. The van der Waals surface area contributed by atoms with Crippen LogP contribution in [-0.4, -0.2) is 34.2 Å². The third-order valence-electron chi connectivity index (χ3n) is 5.42. The summed E-state index contributed by atoms with van der Waals surface area (Å²) >= 11 is 6.33. The Morgan fingerprint density at radius 3 is 2.80 bits per heavy atom. The molecule has 2 aromatic carbocycles. The zero-order valence-electron chi connectivity index (χ0n) is 16.1. The predicted molar refractivity (Wildman–Crippen MR) is 111 cm³/mol. The van der Waals surface area contributed by atoms with E-state index in [1.165, 1.54) is 4.90 Å². The lowest BCUT2D eigenvalue weighted by Crippen LogP contribution is -2.45. The minimum Gasteiger partial charge on any atom is -0.454 e. The number of hydrogen-bond donors (Lipinski definition) is 1. The number of carbonyl (C=O) groups is 2. The van der Waals surface area contributed by atoms with E-state index in [0.29, 0.717) is 23.5 Å². The second-order valence-corrected chi connectivity index (χ2v) is 8.01. The number of rotatable bonds is 4. The average molecular weight is 424 g/mol. The van der Waals surface area contributed by atoms with Gasteiger partial charge < -0.3 is 14.8 Å². The first-order chi connectivity index (χ1) is 14.4. The Morgan fingerprint density at radius 2 is 1.93 bits per heavy atom. The van der Waals surface area contributed by atoms with Gasteiger partial charge in [0, 0.05) is 17.4 Å². The number of hydrogen-bond acceptors (Lipinski definition) is 5. The topological polar surface area (TPSA) is 80.8 Å². The van der Waals surface area contributed by atoms with Crippen LogP contribution in [0, 0.1) is 0 Å². The van der Waals surface area contributed by atoms with E-state index in [4.69, 9.17) is 21.1 Å². The third-order valence-corrected chi connectivity index (χ3v) is 5.75. The van der Waals surface area contributed by atoms with Crippen LogP contribution in [0.1, 0.15) is 18.1 Å². The SMILES string of the molecule is C[C@@]1(Cc2ccc3c(c2)OCO3)NC(=O)N(Cc2cc3ccccc3nc2Cl)C1=O. The summed E-state index contributed by atoms with van der Waals surface area (Å²) in [5, 5.41) is 4.00. The quantitative estimate of drug-likeness (QED) is 0.511. The molecule has 3 amide bonds. The van der Waals surface area contributed by atoms with E-state index in [-0.39, 0.29) is 24.4 Å². The molecule has 2 aliphatic heterocycles. The molecule has 1 saturated heterocycles.